The van der Waals surface area contributed by atoms with Gasteiger partial charge in [0.25, 0.3) is 0 Å². The normalized spacial score (nSPS) is 11.5. The lowest BCUT2D eigenvalue weighted by atomic mass is 10.4. The molecule has 0 radical (unpaired) electrons. The molecule has 2 heterocycles. The van der Waals surface area contributed by atoms with Gasteiger partial charge in [-0.25, -0.2) is 4.99 Å². The van der Waals surface area contributed by atoms with Crippen LogP contribution in [0.15, 0.2) is 40.0 Å². The summed E-state index contributed by atoms with van der Waals surface area (Å²) >= 11 is 3.49. The fraction of sp³-hybridized carbons (Fsp3) is 0.308. The first-order valence-electron chi connectivity index (χ1n) is 5.95. The monoisotopic (exact) mass is 279 g/mol. The van der Waals surface area contributed by atoms with E-state index >= 15 is 0 Å². The average molecular weight is 279 g/mol. The van der Waals surface area contributed by atoms with Crippen molar-refractivity contribution < 1.29 is 0 Å². The van der Waals surface area contributed by atoms with Crippen LogP contribution in [0.2, 0.25) is 0 Å². The van der Waals surface area contributed by atoms with Crippen molar-refractivity contribution in [2.24, 2.45) is 4.99 Å². The number of aliphatic imine (C=N–C) groups is 1. The minimum atomic E-state index is 0.734. The van der Waals surface area contributed by atoms with Gasteiger partial charge in [0.05, 0.1) is 13.1 Å². The lowest BCUT2D eigenvalue weighted by Crippen LogP contribution is -2.36. The Morgan fingerprint density at radius 3 is 2.44 bits per heavy atom. The summed E-state index contributed by atoms with van der Waals surface area (Å²) in [5, 5.41) is 10.8. The SMILES string of the molecule is CCNC(=NCc1cccs1)NCc1cccs1. The van der Waals surface area contributed by atoms with Gasteiger partial charge >= 0.3 is 0 Å². The number of hydrogen-bond donors (Lipinski definition) is 2. The Balaban J connectivity index is 1.88. The van der Waals surface area contributed by atoms with Crippen molar-refractivity contribution in [1.82, 2.24) is 10.6 Å². The molecule has 0 fully saturated rings. The molecule has 0 atom stereocenters. The molecule has 2 aromatic rings. The summed E-state index contributed by atoms with van der Waals surface area (Å²) in [4.78, 5) is 7.16. The Bertz CT molecular complexity index is 460. The van der Waals surface area contributed by atoms with Crippen molar-refractivity contribution in [3.63, 3.8) is 0 Å². The van der Waals surface area contributed by atoms with Crippen LogP contribution < -0.4 is 10.6 Å². The first-order chi connectivity index (χ1) is 8.88. The maximum absolute atomic E-state index is 4.56. The van der Waals surface area contributed by atoms with Crippen molar-refractivity contribution in [3.8, 4) is 0 Å². The zero-order chi connectivity index (χ0) is 12.6. The van der Waals surface area contributed by atoms with Gasteiger partial charge in [0.2, 0.25) is 0 Å². The molecule has 0 aliphatic rings. The van der Waals surface area contributed by atoms with E-state index in [1.165, 1.54) is 9.75 Å². The van der Waals surface area contributed by atoms with E-state index in [2.05, 4.69) is 57.6 Å². The number of rotatable bonds is 5. The highest BCUT2D eigenvalue weighted by atomic mass is 32.1. The second-order valence-electron chi connectivity index (χ2n) is 3.71. The standard InChI is InChI=1S/C13H17N3S2/c1-2-14-13(15-9-11-5-3-7-17-11)16-10-12-6-4-8-18-12/h3-8H,2,9-10H2,1H3,(H2,14,15,16). The predicted octanol–water partition coefficient (Wildman–Crippen LogP) is 3.06. The van der Waals surface area contributed by atoms with E-state index in [-0.39, 0.29) is 0 Å². The van der Waals surface area contributed by atoms with Crippen LogP contribution in [0.3, 0.4) is 0 Å². The van der Waals surface area contributed by atoms with Crippen molar-refractivity contribution in [2.45, 2.75) is 20.0 Å². The molecule has 0 aliphatic carbocycles. The molecule has 96 valence electrons. The minimum Gasteiger partial charge on any atom is -0.357 e. The second-order valence-corrected chi connectivity index (χ2v) is 5.77. The van der Waals surface area contributed by atoms with Crippen LogP contribution in [0.5, 0.6) is 0 Å². The molecule has 0 aromatic carbocycles. The molecule has 18 heavy (non-hydrogen) atoms. The first kappa shape index (κ1) is 13.1. The van der Waals surface area contributed by atoms with Gasteiger partial charge in [-0.15, -0.1) is 22.7 Å². The van der Waals surface area contributed by atoms with E-state index in [0.717, 1.165) is 25.6 Å². The van der Waals surface area contributed by atoms with Crippen LogP contribution in [-0.2, 0) is 13.1 Å². The molecule has 5 heteroatoms. The average Bonchev–Trinajstić information content (AvgIpc) is 3.05. The van der Waals surface area contributed by atoms with E-state index in [9.17, 15) is 0 Å². The highest BCUT2D eigenvalue weighted by Gasteiger charge is 1.99. The Morgan fingerprint density at radius 2 is 1.83 bits per heavy atom. The van der Waals surface area contributed by atoms with E-state index in [1.54, 1.807) is 22.7 Å². The Morgan fingerprint density at radius 1 is 1.11 bits per heavy atom. The van der Waals surface area contributed by atoms with Crippen LogP contribution in [0.25, 0.3) is 0 Å². The van der Waals surface area contributed by atoms with Gasteiger partial charge in [0.1, 0.15) is 0 Å². The number of hydrogen-bond acceptors (Lipinski definition) is 3. The summed E-state index contributed by atoms with van der Waals surface area (Å²) in [6.07, 6.45) is 0. The van der Waals surface area contributed by atoms with Crippen molar-refractivity contribution >= 4 is 28.6 Å². The van der Waals surface area contributed by atoms with Crippen molar-refractivity contribution in [3.05, 3.63) is 44.8 Å². The smallest absolute Gasteiger partial charge is 0.191 e. The Kier molecular flexibility index (Phi) is 5.23. The van der Waals surface area contributed by atoms with E-state index in [0.29, 0.717) is 0 Å². The second kappa shape index (κ2) is 7.18. The fourth-order valence-electron chi connectivity index (χ4n) is 1.49. The highest BCUT2D eigenvalue weighted by molar-refractivity contribution is 7.10. The summed E-state index contributed by atoms with van der Waals surface area (Å²) in [6, 6.07) is 8.36. The van der Waals surface area contributed by atoms with Crippen molar-refractivity contribution in [1.29, 1.82) is 0 Å². The number of nitrogens with zero attached hydrogens (tertiary/aromatic N) is 1. The molecular formula is C13H17N3S2. The third-order valence-corrected chi connectivity index (χ3v) is 4.07. The van der Waals surface area contributed by atoms with Crippen molar-refractivity contribution in [2.75, 3.05) is 6.54 Å². The molecular weight excluding hydrogens is 262 g/mol. The van der Waals surface area contributed by atoms with Gasteiger partial charge in [-0.05, 0) is 29.8 Å². The van der Waals surface area contributed by atoms with Crippen LogP contribution >= 0.6 is 22.7 Å². The molecule has 3 nitrogen and oxygen atoms in total. The topological polar surface area (TPSA) is 36.4 Å². The third kappa shape index (κ3) is 4.16. The van der Waals surface area contributed by atoms with E-state index in [1.807, 2.05) is 0 Å². The van der Waals surface area contributed by atoms with Crippen LogP contribution in [0, 0.1) is 0 Å². The molecule has 0 amide bonds. The maximum atomic E-state index is 4.56. The molecule has 2 N–H and O–H groups in total. The van der Waals surface area contributed by atoms with Gasteiger partial charge in [0, 0.05) is 16.3 Å². The Hall–Kier alpha value is -1.33. The summed E-state index contributed by atoms with van der Waals surface area (Å²) in [7, 11) is 0. The van der Waals surface area contributed by atoms with E-state index < -0.39 is 0 Å². The third-order valence-electron chi connectivity index (χ3n) is 2.33. The van der Waals surface area contributed by atoms with Crippen LogP contribution in [0.1, 0.15) is 16.7 Å². The quantitative estimate of drug-likeness (QED) is 0.652. The molecule has 2 aromatic heterocycles. The molecule has 0 bridgehead atoms. The number of nitrogens with one attached hydrogen (secondary N) is 2. The van der Waals surface area contributed by atoms with Gasteiger partial charge in [-0.2, -0.15) is 0 Å². The molecule has 0 aliphatic heterocycles. The molecule has 0 saturated carbocycles. The van der Waals surface area contributed by atoms with Gasteiger partial charge in [0.15, 0.2) is 5.96 Å². The largest absolute Gasteiger partial charge is 0.357 e. The fourth-order valence-corrected chi connectivity index (χ4v) is 2.76. The van der Waals surface area contributed by atoms with Gasteiger partial charge in [-0.3, -0.25) is 0 Å². The van der Waals surface area contributed by atoms with E-state index in [4.69, 9.17) is 0 Å². The van der Waals surface area contributed by atoms with Crippen LogP contribution in [0.4, 0.5) is 0 Å². The molecule has 2 rings (SSSR count). The highest BCUT2D eigenvalue weighted by Crippen LogP contribution is 2.10. The zero-order valence-corrected chi connectivity index (χ0v) is 12.0. The molecule has 0 spiro atoms. The summed E-state index contributed by atoms with van der Waals surface area (Å²) in [5.41, 5.74) is 0. The molecule has 0 unspecified atom stereocenters. The van der Waals surface area contributed by atoms with Gasteiger partial charge < -0.3 is 10.6 Å². The lowest BCUT2D eigenvalue weighted by molar-refractivity contribution is 0.825. The Labute approximate surface area is 116 Å². The minimum absolute atomic E-state index is 0.734. The first-order valence-corrected chi connectivity index (χ1v) is 7.71. The predicted molar refractivity (Wildman–Crippen MR) is 80.3 cm³/mol. The zero-order valence-electron chi connectivity index (χ0n) is 10.3. The van der Waals surface area contributed by atoms with Gasteiger partial charge in [-0.1, -0.05) is 12.1 Å². The number of guanidine groups is 1. The number of thiophene rings is 2. The maximum Gasteiger partial charge on any atom is 0.191 e. The summed E-state index contributed by atoms with van der Waals surface area (Å²) in [5.74, 6) is 0.874. The summed E-state index contributed by atoms with van der Waals surface area (Å²) < 4.78 is 0. The van der Waals surface area contributed by atoms with Crippen LogP contribution in [-0.4, -0.2) is 12.5 Å². The molecule has 0 saturated heterocycles. The lowest BCUT2D eigenvalue weighted by Gasteiger charge is -2.09. The summed E-state index contributed by atoms with van der Waals surface area (Å²) in [6.45, 7) is 4.51.